The van der Waals surface area contributed by atoms with Crippen molar-refractivity contribution in [1.29, 1.82) is 0 Å². The molecule has 0 unspecified atom stereocenters. The lowest BCUT2D eigenvalue weighted by molar-refractivity contribution is -0.133. The van der Waals surface area contributed by atoms with Gasteiger partial charge in [0, 0.05) is 28.0 Å². The van der Waals surface area contributed by atoms with E-state index in [4.69, 9.17) is 11.6 Å². The number of thiophene rings is 1. The van der Waals surface area contributed by atoms with Gasteiger partial charge in [0.2, 0.25) is 5.91 Å². The highest BCUT2D eigenvalue weighted by molar-refractivity contribution is 7.10. The van der Waals surface area contributed by atoms with Crippen molar-refractivity contribution >= 4 is 34.8 Å². The van der Waals surface area contributed by atoms with E-state index in [1.807, 2.05) is 40.1 Å². The first kappa shape index (κ1) is 24.5. The first-order chi connectivity index (χ1) is 16.5. The van der Waals surface area contributed by atoms with E-state index in [-0.39, 0.29) is 24.4 Å². The van der Waals surface area contributed by atoms with Crippen LogP contribution in [0.15, 0.2) is 66.0 Å². The minimum Gasteiger partial charge on any atom is -0.332 e. The second-order valence-corrected chi connectivity index (χ2v) is 10.4. The van der Waals surface area contributed by atoms with E-state index >= 15 is 0 Å². The van der Waals surface area contributed by atoms with Gasteiger partial charge in [-0.2, -0.15) is 0 Å². The molecule has 1 aliphatic rings. The second kappa shape index (κ2) is 11.7. The zero-order valence-electron chi connectivity index (χ0n) is 19.6. The Morgan fingerprint density at radius 1 is 0.941 bits per heavy atom. The van der Waals surface area contributed by atoms with Crippen molar-refractivity contribution in [3.63, 3.8) is 0 Å². The quantitative estimate of drug-likeness (QED) is 0.349. The molecule has 0 saturated heterocycles. The molecule has 1 heterocycles. The molecule has 4 rings (SSSR count). The summed E-state index contributed by atoms with van der Waals surface area (Å²) >= 11 is 7.71. The second-order valence-electron chi connectivity index (χ2n) is 8.99. The third-order valence-electron chi connectivity index (χ3n) is 6.54. The average Bonchev–Trinajstić information content (AvgIpc) is 3.27. The number of aryl methyl sites for hydroxylation is 1. The topological polar surface area (TPSA) is 40.6 Å². The van der Waals surface area contributed by atoms with Crippen LogP contribution in [0.4, 0.5) is 0 Å². The van der Waals surface area contributed by atoms with Gasteiger partial charge >= 0.3 is 0 Å². The van der Waals surface area contributed by atoms with E-state index < -0.39 is 0 Å². The lowest BCUT2D eigenvalue weighted by atomic mass is 9.93. The SMILES string of the molecule is Cc1ccsc1CN(Cc1ccccc1)C(=O)CN(C(=O)c1ccc(Cl)cc1)C1CCCCC1. The van der Waals surface area contributed by atoms with Crippen molar-refractivity contribution in [1.82, 2.24) is 9.80 Å². The van der Waals surface area contributed by atoms with Crippen LogP contribution >= 0.6 is 22.9 Å². The third kappa shape index (κ3) is 6.28. The molecule has 2 aromatic carbocycles. The van der Waals surface area contributed by atoms with Crippen molar-refractivity contribution in [2.75, 3.05) is 6.54 Å². The summed E-state index contributed by atoms with van der Waals surface area (Å²) in [5.41, 5.74) is 2.85. The summed E-state index contributed by atoms with van der Waals surface area (Å²) in [6, 6.07) is 19.2. The molecule has 0 radical (unpaired) electrons. The molecule has 1 fully saturated rings. The van der Waals surface area contributed by atoms with Crippen LogP contribution in [0, 0.1) is 6.92 Å². The summed E-state index contributed by atoms with van der Waals surface area (Å²) in [6.07, 6.45) is 5.24. The Bertz CT molecular complexity index is 1090. The number of nitrogens with zero attached hydrogens (tertiary/aromatic N) is 2. The van der Waals surface area contributed by atoms with E-state index in [2.05, 4.69) is 18.4 Å². The van der Waals surface area contributed by atoms with Gasteiger partial charge in [0.25, 0.3) is 5.91 Å². The summed E-state index contributed by atoms with van der Waals surface area (Å²) in [6.45, 7) is 3.23. The number of carbonyl (C=O) groups excluding carboxylic acids is 2. The van der Waals surface area contributed by atoms with Crippen molar-refractivity contribution in [3.05, 3.63) is 92.6 Å². The first-order valence-electron chi connectivity index (χ1n) is 11.9. The molecule has 3 aromatic rings. The molecule has 1 aromatic heterocycles. The van der Waals surface area contributed by atoms with E-state index in [1.54, 1.807) is 35.6 Å². The van der Waals surface area contributed by atoms with Gasteiger partial charge in [-0.15, -0.1) is 11.3 Å². The van der Waals surface area contributed by atoms with Gasteiger partial charge in [0.15, 0.2) is 0 Å². The zero-order chi connectivity index (χ0) is 23.9. The maximum absolute atomic E-state index is 13.7. The van der Waals surface area contributed by atoms with Crippen molar-refractivity contribution in [3.8, 4) is 0 Å². The predicted molar refractivity (Wildman–Crippen MR) is 139 cm³/mol. The Labute approximate surface area is 211 Å². The normalized spacial score (nSPS) is 14.1. The fraction of sp³-hybridized carbons (Fsp3) is 0.357. The van der Waals surface area contributed by atoms with Crippen LogP contribution in [-0.2, 0) is 17.9 Å². The summed E-state index contributed by atoms with van der Waals surface area (Å²) < 4.78 is 0. The van der Waals surface area contributed by atoms with Crippen LogP contribution in [-0.4, -0.2) is 34.2 Å². The minimum absolute atomic E-state index is 0.0236. The molecule has 0 N–H and O–H groups in total. The number of halogens is 1. The van der Waals surface area contributed by atoms with E-state index in [9.17, 15) is 9.59 Å². The Morgan fingerprint density at radius 2 is 1.65 bits per heavy atom. The number of hydrogen-bond donors (Lipinski definition) is 0. The lowest BCUT2D eigenvalue weighted by Gasteiger charge is -2.35. The van der Waals surface area contributed by atoms with Gasteiger partial charge in [0.05, 0.1) is 6.54 Å². The van der Waals surface area contributed by atoms with E-state index in [0.29, 0.717) is 23.7 Å². The number of rotatable bonds is 8. The number of amides is 2. The Balaban J connectivity index is 1.58. The molecular weight excluding hydrogens is 464 g/mol. The van der Waals surface area contributed by atoms with Gasteiger partial charge in [-0.05, 0) is 66.6 Å². The van der Waals surface area contributed by atoms with Crippen LogP contribution in [0.2, 0.25) is 5.02 Å². The van der Waals surface area contributed by atoms with E-state index in [0.717, 1.165) is 31.2 Å². The van der Waals surface area contributed by atoms with Crippen LogP contribution < -0.4 is 0 Å². The lowest BCUT2D eigenvalue weighted by Crippen LogP contribution is -2.48. The summed E-state index contributed by atoms with van der Waals surface area (Å²) in [7, 11) is 0. The molecule has 2 amide bonds. The fourth-order valence-electron chi connectivity index (χ4n) is 4.54. The zero-order valence-corrected chi connectivity index (χ0v) is 21.2. The van der Waals surface area contributed by atoms with Crippen molar-refractivity contribution in [2.24, 2.45) is 0 Å². The van der Waals surface area contributed by atoms with Crippen molar-refractivity contribution < 1.29 is 9.59 Å². The summed E-state index contributed by atoms with van der Waals surface area (Å²) in [5, 5.41) is 2.66. The molecule has 0 atom stereocenters. The van der Waals surface area contributed by atoms with Crippen molar-refractivity contribution in [2.45, 2.75) is 58.2 Å². The van der Waals surface area contributed by atoms with Gasteiger partial charge in [-0.3, -0.25) is 9.59 Å². The molecule has 34 heavy (non-hydrogen) atoms. The molecule has 1 saturated carbocycles. The Kier molecular flexibility index (Phi) is 8.41. The molecule has 4 nitrogen and oxygen atoms in total. The van der Waals surface area contributed by atoms with Crippen LogP contribution in [0.25, 0.3) is 0 Å². The number of carbonyl (C=O) groups is 2. The average molecular weight is 495 g/mol. The van der Waals surface area contributed by atoms with Crippen LogP contribution in [0.5, 0.6) is 0 Å². The summed E-state index contributed by atoms with van der Waals surface area (Å²) in [5.74, 6) is -0.117. The third-order valence-corrected chi connectivity index (χ3v) is 7.80. The molecule has 178 valence electrons. The molecule has 0 spiro atoms. The van der Waals surface area contributed by atoms with E-state index in [1.165, 1.54) is 16.9 Å². The Hall–Kier alpha value is -2.63. The molecular formula is C28H31ClN2O2S. The standard InChI is InChI=1S/C28H31ClN2O2S/c1-21-16-17-34-26(21)19-30(18-22-8-4-2-5-9-22)27(32)20-31(25-10-6-3-7-11-25)28(33)23-12-14-24(29)15-13-23/h2,4-5,8-9,12-17,25H,3,6-7,10-11,18-20H2,1H3. The molecule has 6 heteroatoms. The van der Waals surface area contributed by atoms with Crippen LogP contribution in [0.1, 0.15) is 58.5 Å². The van der Waals surface area contributed by atoms with Crippen LogP contribution in [0.3, 0.4) is 0 Å². The van der Waals surface area contributed by atoms with Gasteiger partial charge in [-0.1, -0.05) is 61.2 Å². The molecule has 0 bridgehead atoms. The van der Waals surface area contributed by atoms with Gasteiger partial charge in [-0.25, -0.2) is 0 Å². The van der Waals surface area contributed by atoms with Gasteiger partial charge < -0.3 is 9.80 Å². The largest absolute Gasteiger partial charge is 0.332 e. The Morgan fingerprint density at radius 3 is 2.29 bits per heavy atom. The maximum atomic E-state index is 13.7. The predicted octanol–water partition coefficient (Wildman–Crippen LogP) is 6.71. The highest BCUT2D eigenvalue weighted by Crippen LogP contribution is 2.26. The number of hydrogen-bond acceptors (Lipinski definition) is 3. The first-order valence-corrected chi connectivity index (χ1v) is 13.2. The maximum Gasteiger partial charge on any atom is 0.254 e. The smallest absolute Gasteiger partial charge is 0.254 e. The molecule has 0 aliphatic heterocycles. The number of benzene rings is 2. The summed E-state index contributed by atoms with van der Waals surface area (Å²) in [4.78, 5) is 32.2. The minimum atomic E-state index is -0.0936. The monoisotopic (exact) mass is 494 g/mol. The fourth-order valence-corrected chi connectivity index (χ4v) is 5.59. The molecule has 1 aliphatic carbocycles. The highest BCUT2D eigenvalue weighted by atomic mass is 35.5. The van der Waals surface area contributed by atoms with Gasteiger partial charge in [0.1, 0.15) is 6.54 Å². The highest BCUT2D eigenvalue weighted by Gasteiger charge is 2.30.